The maximum Gasteiger partial charge on any atom is 0.314 e. The number of alkyl halides is 2. The summed E-state index contributed by atoms with van der Waals surface area (Å²) in [6.45, 7) is 0. The molecule has 5 heteroatoms. The molecule has 1 aliphatic rings. The minimum absolute atomic E-state index is 0.123. The van der Waals surface area contributed by atoms with Gasteiger partial charge in [-0.15, -0.1) is 0 Å². The zero-order valence-electron chi connectivity index (χ0n) is 6.16. The molecule has 64 valence electrons. The van der Waals surface area contributed by atoms with Crippen molar-refractivity contribution in [3.8, 4) is 0 Å². The zero-order valence-corrected chi connectivity index (χ0v) is 6.16. The molecule has 0 aliphatic heterocycles. The second-order valence-electron chi connectivity index (χ2n) is 2.58. The monoisotopic (exact) mass is 164 g/mol. The van der Waals surface area contributed by atoms with Gasteiger partial charge in [0.1, 0.15) is 0 Å². The maximum absolute atomic E-state index is 12.5. The summed E-state index contributed by atoms with van der Waals surface area (Å²) in [5.74, 6) is -2.70. The molecular formula is C6H10F2N2O. The Morgan fingerprint density at radius 2 is 2.27 bits per heavy atom. The molecule has 1 unspecified atom stereocenters. The first-order valence-corrected chi connectivity index (χ1v) is 3.42. The minimum atomic E-state index is -2.70. The van der Waals surface area contributed by atoms with Gasteiger partial charge >= 0.3 is 6.03 Å². The van der Waals surface area contributed by atoms with Crippen LogP contribution < -0.4 is 10.6 Å². The van der Waals surface area contributed by atoms with Crippen molar-refractivity contribution in [3.05, 3.63) is 0 Å². The van der Waals surface area contributed by atoms with Crippen molar-refractivity contribution in [1.29, 1.82) is 0 Å². The van der Waals surface area contributed by atoms with Crippen molar-refractivity contribution in [2.45, 2.75) is 24.8 Å². The van der Waals surface area contributed by atoms with Crippen molar-refractivity contribution < 1.29 is 13.6 Å². The average molecular weight is 164 g/mol. The smallest absolute Gasteiger partial charge is 0.314 e. The lowest BCUT2D eigenvalue weighted by molar-refractivity contribution is -0.101. The average Bonchev–Trinajstić information content (AvgIpc) is 1.98. The zero-order chi connectivity index (χ0) is 8.48. The van der Waals surface area contributed by atoms with Crippen molar-refractivity contribution in [2.24, 2.45) is 0 Å². The number of urea groups is 1. The molecule has 3 nitrogen and oxygen atoms in total. The van der Waals surface area contributed by atoms with Crippen LogP contribution >= 0.6 is 0 Å². The van der Waals surface area contributed by atoms with Gasteiger partial charge in [0.2, 0.25) is 0 Å². The number of hydrogen-bond donors (Lipinski definition) is 2. The number of hydrogen-bond acceptors (Lipinski definition) is 1. The Morgan fingerprint density at radius 3 is 2.55 bits per heavy atom. The van der Waals surface area contributed by atoms with E-state index in [0.717, 1.165) is 0 Å². The number of carbonyl (C=O) groups is 1. The number of amides is 2. The Kier molecular flexibility index (Phi) is 1.97. The van der Waals surface area contributed by atoms with Crippen molar-refractivity contribution >= 4 is 6.03 Å². The molecule has 2 N–H and O–H groups in total. The summed E-state index contributed by atoms with van der Waals surface area (Å²) in [4.78, 5) is 10.5. The van der Waals surface area contributed by atoms with Crippen LogP contribution in [0.1, 0.15) is 12.8 Å². The predicted octanol–water partition coefficient (Wildman–Crippen LogP) is 0.713. The van der Waals surface area contributed by atoms with Gasteiger partial charge in [-0.3, -0.25) is 0 Å². The molecule has 0 aromatic rings. The lowest BCUT2D eigenvalue weighted by atomic mass is 9.88. The number of halogens is 2. The van der Waals surface area contributed by atoms with Crippen molar-refractivity contribution in [3.63, 3.8) is 0 Å². The SMILES string of the molecule is CNC(=O)NC1CCC1(F)F. The van der Waals surface area contributed by atoms with E-state index in [0.29, 0.717) is 6.42 Å². The third-order valence-corrected chi connectivity index (χ3v) is 1.81. The van der Waals surface area contributed by atoms with Crippen LogP contribution in [0.25, 0.3) is 0 Å². The van der Waals surface area contributed by atoms with Gasteiger partial charge in [-0.25, -0.2) is 13.6 Å². The van der Waals surface area contributed by atoms with Crippen LogP contribution in [0.3, 0.4) is 0 Å². The molecule has 0 aromatic carbocycles. The topological polar surface area (TPSA) is 41.1 Å². The van der Waals surface area contributed by atoms with Gasteiger partial charge in [-0.2, -0.15) is 0 Å². The van der Waals surface area contributed by atoms with E-state index >= 15 is 0 Å². The first-order chi connectivity index (χ1) is 5.06. The third-order valence-electron chi connectivity index (χ3n) is 1.81. The summed E-state index contributed by atoms with van der Waals surface area (Å²) in [5.41, 5.74) is 0. The minimum Gasteiger partial charge on any atom is -0.341 e. The highest BCUT2D eigenvalue weighted by Crippen LogP contribution is 2.37. The van der Waals surface area contributed by atoms with Gasteiger partial charge in [-0.05, 0) is 6.42 Å². The summed E-state index contributed by atoms with van der Waals surface area (Å²) in [5, 5.41) is 4.37. The Morgan fingerprint density at radius 1 is 1.64 bits per heavy atom. The molecular weight excluding hydrogens is 154 g/mol. The molecule has 1 fully saturated rings. The lowest BCUT2D eigenvalue weighted by Crippen LogP contribution is -2.56. The van der Waals surface area contributed by atoms with E-state index in [9.17, 15) is 13.6 Å². The molecule has 0 saturated heterocycles. The van der Waals surface area contributed by atoms with E-state index in [-0.39, 0.29) is 6.42 Å². The van der Waals surface area contributed by atoms with Crippen LogP contribution in [0.4, 0.5) is 13.6 Å². The quantitative estimate of drug-likeness (QED) is 0.588. The van der Waals surface area contributed by atoms with Crippen molar-refractivity contribution in [2.75, 3.05) is 7.05 Å². The van der Waals surface area contributed by atoms with Gasteiger partial charge < -0.3 is 10.6 Å². The lowest BCUT2D eigenvalue weighted by Gasteiger charge is -2.36. The fourth-order valence-corrected chi connectivity index (χ4v) is 0.915. The predicted molar refractivity (Wildman–Crippen MR) is 35.6 cm³/mol. The Hall–Kier alpha value is -0.870. The number of carbonyl (C=O) groups excluding carboxylic acids is 1. The summed E-state index contributed by atoms with van der Waals surface area (Å²) in [6, 6.07) is -1.52. The molecule has 1 atom stereocenters. The van der Waals surface area contributed by atoms with Gasteiger partial charge in [-0.1, -0.05) is 0 Å². The largest absolute Gasteiger partial charge is 0.341 e. The molecule has 0 bridgehead atoms. The highest BCUT2D eigenvalue weighted by atomic mass is 19.3. The highest BCUT2D eigenvalue weighted by molar-refractivity contribution is 5.74. The highest BCUT2D eigenvalue weighted by Gasteiger charge is 2.48. The summed E-state index contributed by atoms with van der Waals surface area (Å²) in [7, 11) is 1.39. The van der Waals surface area contributed by atoms with Gasteiger partial charge in [0, 0.05) is 13.5 Å². The standard InChI is InChI=1S/C6H10F2N2O/c1-9-5(11)10-4-2-3-6(4,7)8/h4H,2-3H2,1H3,(H2,9,10,11). The number of nitrogens with one attached hydrogen (secondary N) is 2. The van der Waals surface area contributed by atoms with E-state index in [4.69, 9.17) is 0 Å². The second-order valence-corrected chi connectivity index (χ2v) is 2.58. The van der Waals surface area contributed by atoms with Crippen molar-refractivity contribution in [1.82, 2.24) is 10.6 Å². The molecule has 1 rings (SSSR count). The van der Waals surface area contributed by atoms with E-state index in [1.54, 1.807) is 0 Å². The van der Waals surface area contributed by atoms with Gasteiger partial charge in [0.25, 0.3) is 5.92 Å². The molecule has 1 saturated carbocycles. The van der Waals surface area contributed by atoms with E-state index in [2.05, 4.69) is 10.6 Å². The van der Waals surface area contributed by atoms with Crippen LogP contribution in [-0.4, -0.2) is 25.0 Å². The first-order valence-electron chi connectivity index (χ1n) is 3.42. The molecule has 0 aromatic heterocycles. The normalized spacial score (nSPS) is 27.0. The van der Waals surface area contributed by atoms with E-state index in [1.165, 1.54) is 7.05 Å². The van der Waals surface area contributed by atoms with Crippen LogP contribution in [0.5, 0.6) is 0 Å². The Balaban J connectivity index is 2.34. The summed E-state index contributed by atoms with van der Waals surface area (Å²) < 4.78 is 24.9. The second kappa shape index (κ2) is 2.64. The van der Waals surface area contributed by atoms with Crippen LogP contribution in [0, 0.1) is 0 Å². The van der Waals surface area contributed by atoms with Crippen LogP contribution in [0.15, 0.2) is 0 Å². The molecule has 0 spiro atoms. The fraction of sp³-hybridized carbons (Fsp3) is 0.833. The van der Waals surface area contributed by atoms with E-state index < -0.39 is 18.0 Å². The molecule has 1 aliphatic carbocycles. The Labute approximate surface area is 63.2 Å². The number of rotatable bonds is 1. The molecule has 0 radical (unpaired) electrons. The maximum atomic E-state index is 12.5. The fourth-order valence-electron chi connectivity index (χ4n) is 0.915. The molecule has 0 heterocycles. The van der Waals surface area contributed by atoms with Gasteiger partial charge in [0.15, 0.2) is 0 Å². The van der Waals surface area contributed by atoms with Crippen LogP contribution in [-0.2, 0) is 0 Å². The Bertz CT molecular complexity index is 172. The van der Waals surface area contributed by atoms with E-state index in [1.807, 2.05) is 0 Å². The van der Waals surface area contributed by atoms with Gasteiger partial charge in [0.05, 0.1) is 6.04 Å². The summed E-state index contributed by atoms with van der Waals surface area (Å²) >= 11 is 0. The first kappa shape index (κ1) is 8.23. The molecule has 11 heavy (non-hydrogen) atoms. The van der Waals surface area contributed by atoms with Crippen LogP contribution in [0.2, 0.25) is 0 Å². The molecule has 2 amide bonds. The summed E-state index contributed by atoms with van der Waals surface area (Å²) in [6.07, 6.45) is 0.238. The third kappa shape index (κ3) is 1.58.